The van der Waals surface area contributed by atoms with Gasteiger partial charge in [-0.25, -0.2) is 4.98 Å². The number of aryl methyl sites for hydroxylation is 1. The molecule has 1 aliphatic rings. The molecule has 1 fully saturated rings. The minimum Gasteiger partial charge on any atom is -0.484 e. The van der Waals surface area contributed by atoms with Gasteiger partial charge in [0, 0.05) is 31.2 Å². The van der Waals surface area contributed by atoms with Crippen LogP contribution in [0.15, 0.2) is 42.5 Å². The molecule has 0 atom stereocenters. The van der Waals surface area contributed by atoms with Gasteiger partial charge >= 0.3 is 0 Å². The number of hydrogen-bond donors (Lipinski definition) is 0. The SMILES string of the molecule is Cc1ccc2nc(N(CCCN3CCOCC3)C(=O)COc3ccc(Cl)cc3)sc2c1. The molecule has 2 aromatic carbocycles. The van der Waals surface area contributed by atoms with Gasteiger partial charge in [-0.3, -0.25) is 14.6 Å². The minimum absolute atomic E-state index is 0.0475. The van der Waals surface area contributed by atoms with Crippen LogP contribution in [0.1, 0.15) is 12.0 Å². The van der Waals surface area contributed by atoms with Crippen LogP contribution in [0.25, 0.3) is 10.2 Å². The maximum atomic E-state index is 13.1. The molecule has 1 aliphatic heterocycles. The highest BCUT2D eigenvalue weighted by Crippen LogP contribution is 2.30. The zero-order valence-corrected chi connectivity index (χ0v) is 19.1. The summed E-state index contributed by atoms with van der Waals surface area (Å²) in [6.07, 6.45) is 0.863. The van der Waals surface area contributed by atoms with Crippen LogP contribution in [0.5, 0.6) is 5.75 Å². The summed E-state index contributed by atoms with van der Waals surface area (Å²) in [7, 11) is 0. The number of thiazole rings is 1. The third kappa shape index (κ3) is 5.95. The molecule has 0 bridgehead atoms. The van der Waals surface area contributed by atoms with Gasteiger partial charge in [-0.2, -0.15) is 0 Å². The van der Waals surface area contributed by atoms with Crippen LogP contribution in [0.3, 0.4) is 0 Å². The van der Waals surface area contributed by atoms with E-state index in [1.54, 1.807) is 40.5 Å². The highest BCUT2D eigenvalue weighted by Gasteiger charge is 2.21. The number of carbonyl (C=O) groups is 1. The summed E-state index contributed by atoms with van der Waals surface area (Å²) >= 11 is 7.47. The number of halogens is 1. The average Bonchev–Trinajstić information content (AvgIpc) is 3.19. The Labute approximate surface area is 191 Å². The largest absolute Gasteiger partial charge is 0.484 e. The average molecular weight is 460 g/mol. The summed E-state index contributed by atoms with van der Waals surface area (Å²) in [5.74, 6) is 0.513. The lowest BCUT2D eigenvalue weighted by molar-refractivity contribution is -0.120. The summed E-state index contributed by atoms with van der Waals surface area (Å²) in [5, 5.41) is 1.35. The Hall–Kier alpha value is -2.19. The fourth-order valence-corrected chi connectivity index (χ4v) is 4.73. The molecule has 0 unspecified atom stereocenters. The molecule has 0 N–H and O–H groups in total. The van der Waals surface area contributed by atoms with Crippen molar-refractivity contribution < 1.29 is 14.3 Å². The van der Waals surface area contributed by atoms with Gasteiger partial charge in [-0.1, -0.05) is 29.0 Å². The van der Waals surface area contributed by atoms with Crippen LogP contribution in [-0.2, 0) is 9.53 Å². The van der Waals surface area contributed by atoms with E-state index >= 15 is 0 Å². The number of morpholine rings is 1. The van der Waals surface area contributed by atoms with Crippen molar-refractivity contribution in [2.24, 2.45) is 0 Å². The first-order valence-electron chi connectivity index (χ1n) is 10.4. The number of aromatic nitrogens is 1. The molecule has 3 aromatic rings. The Morgan fingerprint density at radius 2 is 2.00 bits per heavy atom. The van der Waals surface area contributed by atoms with Crippen molar-refractivity contribution in [3.05, 3.63) is 53.1 Å². The quantitative estimate of drug-likeness (QED) is 0.500. The van der Waals surface area contributed by atoms with E-state index in [0.29, 0.717) is 22.4 Å². The van der Waals surface area contributed by atoms with Gasteiger partial charge < -0.3 is 9.47 Å². The third-order valence-electron chi connectivity index (χ3n) is 5.20. The molecule has 8 heteroatoms. The number of amides is 1. The lowest BCUT2D eigenvalue weighted by atomic mass is 10.2. The Kier molecular flexibility index (Phi) is 7.40. The molecule has 0 radical (unpaired) electrons. The van der Waals surface area contributed by atoms with E-state index in [2.05, 4.69) is 17.9 Å². The van der Waals surface area contributed by atoms with Gasteiger partial charge in [-0.15, -0.1) is 0 Å². The number of carbonyl (C=O) groups excluding carboxylic acids is 1. The summed E-state index contributed by atoms with van der Waals surface area (Å²) in [6.45, 7) is 6.96. The number of anilines is 1. The first kappa shape index (κ1) is 22.0. The van der Waals surface area contributed by atoms with Gasteiger partial charge in [0.25, 0.3) is 5.91 Å². The number of rotatable bonds is 8. The van der Waals surface area contributed by atoms with Gasteiger partial charge in [0.2, 0.25) is 0 Å². The second kappa shape index (κ2) is 10.4. The molecule has 6 nitrogen and oxygen atoms in total. The highest BCUT2D eigenvalue weighted by atomic mass is 35.5. The fraction of sp³-hybridized carbons (Fsp3) is 0.391. The number of fused-ring (bicyclic) bond motifs is 1. The summed E-state index contributed by atoms with van der Waals surface area (Å²) < 4.78 is 12.2. The van der Waals surface area contributed by atoms with Gasteiger partial charge in [0.1, 0.15) is 5.75 Å². The molecule has 4 rings (SSSR count). The number of hydrogen-bond acceptors (Lipinski definition) is 6. The maximum absolute atomic E-state index is 13.1. The molecule has 1 aromatic heterocycles. The van der Waals surface area contributed by atoms with Crippen molar-refractivity contribution >= 4 is 44.2 Å². The molecular weight excluding hydrogens is 434 g/mol. The maximum Gasteiger partial charge on any atom is 0.266 e. The highest BCUT2D eigenvalue weighted by molar-refractivity contribution is 7.22. The molecule has 1 amide bonds. The van der Waals surface area contributed by atoms with Gasteiger partial charge in [0.05, 0.1) is 23.4 Å². The van der Waals surface area contributed by atoms with E-state index in [9.17, 15) is 4.79 Å². The smallest absolute Gasteiger partial charge is 0.266 e. The van der Waals surface area contributed by atoms with Gasteiger partial charge in [-0.05, 0) is 55.3 Å². The van der Waals surface area contributed by atoms with Crippen molar-refractivity contribution in [2.45, 2.75) is 13.3 Å². The first-order chi connectivity index (χ1) is 15.1. The number of benzene rings is 2. The van der Waals surface area contributed by atoms with E-state index < -0.39 is 0 Å². The van der Waals surface area contributed by atoms with Crippen LogP contribution in [-0.4, -0.2) is 61.8 Å². The number of nitrogens with zero attached hydrogens (tertiary/aromatic N) is 3. The summed E-state index contributed by atoms with van der Waals surface area (Å²) in [4.78, 5) is 22.0. The van der Waals surface area contributed by atoms with Crippen molar-refractivity contribution in [3.63, 3.8) is 0 Å². The molecular formula is C23H26ClN3O3S. The molecule has 2 heterocycles. The monoisotopic (exact) mass is 459 g/mol. The molecule has 164 valence electrons. The fourth-order valence-electron chi connectivity index (χ4n) is 3.49. The second-order valence-corrected chi connectivity index (χ2v) is 9.01. The Morgan fingerprint density at radius 3 is 2.77 bits per heavy atom. The van der Waals surface area contributed by atoms with Gasteiger partial charge in [0.15, 0.2) is 11.7 Å². The van der Waals surface area contributed by atoms with Crippen molar-refractivity contribution in [3.8, 4) is 5.75 Å². The lowest BCUT2D eigenvalue weighted by Crippen LogP contribution is -2.40. The standard InChI is InChI=1S/C23H26ClN3O3S/c1-17-3-8-20-21(15-17)31-23(25-20)27(10-2-9-26-11-13-29-14-12-26)22(28)16-30-19-6-4-18(24)5-7-19/h3-8,15H,2,9-14,16H2,1H3. The van der Waals surface area contributed by atoms with E-state index in [0.717, 1.165) is 49.5 Å². The first-order valence-corrected chi connectivity index (χ1v) is 11.6. The lowest BCUT2D eigenvalue weighted by Gasteiger charge is -2.27. The predicted molar refractivity (Wildman–Crippen MR) is 126 cm³/mol. The minimum atomic E-state index is -0.104. The zero-order valence-electron chi connectivity index (χ0n) is 17.6. The zero-order chi connectivity index (χ0) is 21.6. The van der Waals surface area contributed by atoms with Crippen LogP contribution in [0, 0.1) is 6.92 Å². The van der Waals surface area contributed by atoms with Crippen LogP contribution in [0.2, 0.25) is 5.02 Å². The Morgan fingerprint density at radius 1 is 1.23 bits per heavy atom. The predicted octanol–water partition coefficient (Wildman–Crippen LogP) is 4.39. The second-order valence-electron chi connectivity index (χ2n) is 7.56. The molecule has 0 spiro atoms. The summed E-state index contributed by atoms with van der Waals surface area (Å²) in [5.41, 5.74) is 2.09. The van der Waals surface area contributed by atoms with Crippen molar-refractivity contribution in [1.82, 2.24) is 9.88 Å². The van der Waals surface area contributed by atoms with Crippen LogP contribution < -0.4 is 9.64 Å². The Bertz CT molecular complexity index is 1020. The topological polar surface area (TPSA) is 54.9 Å². The van der Waals surface area contributed by atoms with Crippen LogP contribution in [0.4, 0.5) is 5.13 Å². The van der Waals surface area contributed by atoms with E-state index in [4.69, 9.17) is 26.1 Å². The van der Waals surface area contributed by atoms with Crippen molar-refractivity contribution in [2.75, 3.05) is 50.9 Å². The third-order valence-corrected chi connectivity index (χ3v) is 6.49. The van der Waals surface area contributed by atoms with Crippen LogP contribution >= 0.6 is 22.9 Å². The van der Waals surface area contributed by atoms with E-state index in [-0.39, 0.29) is 12.5 Å². The molecule has 1 saturated heterocycles. The number of ether oxygens (including phenoxy) is 2. The van der Waals surface area contributed by atoms with E-state index in [1.165, 1.54) is 5.56 Å². The van der Waals surface area contributed by atoms with E-state index in [1.807, 2.05) is 12.1 Å². The summed E-state index contributed by atoms with van der Waals surface area (Å²) in [6, 6.07) is 13.2. The molecule has 0 aliphatic carbocycles. The molecule has 0 saturated carbocycles. The van der Waals surface area contributed by atoms with Crippen molar-refractivity contribution in [1.29, 1.82) is 0 Å². The molecule has 31 heavy (non-hydrogen) atoms. The Balaban J connectivity index is 1.46. The normalized spacial score (nSPS) is 14.6.